The van der Waals surface area contributed by atoms with Crippen LogP contribution in [-0.4, -0.2) is 32.0 Å². The Kier molecular flexibility index (Phi) is 3.87. The highest BCUT2D eigenvalue weighted by atomic mass is 16.4. The molecular formula is C12H12N4O3. The van der Waals surface area contributed by atoms with Crippen LogP contribution in [0.2, 0.25) is 0 Å². The fourth-order valence-electron chi connectivity index (χ4n) is 1.52. The van der Waals surface area contributed by atoms with Crippen LogP contribution >= 0.6 is 0 Å². The summed E-state index contributed by atoms with van der Waals surface area (Å²) >= 11 is 0. The molecule has 0 fully saturated rings. The van der Waals surface area contributed by atoms with Crippen LogP contribution in [0.3, 0.4) is 0 Å². The Morgan fingerprint density at radius 3 is 2.89 bits per heavy atom. The number of hydrogen-bond acceptors (Lipinski definition) is 4. The van der Waals surface area contributed by atoms with Gasteiger partial charge in [-0.1, -0.05) is 11.3 Å². The standard InChI is InChI=1S/C12H12N4O3/c17-11(4-6-16-7-5-13-15-16)14-10-3-1-2-9(8-10)12(18)19/h1-3,5,7-8H,4,6H2,(H,14,17)(H,18,19). The molecule has 2 rings (SSSR count). The molecule has 1 aromatic heterocycles. The van der Waals surface area contributed by atoms with E-state index in [1.165, 1.54) is 18.3 Å². The second-order valence-electron chi connectivity index (χ2n) is 3.85. The molecule has 2 N–H and O–H groups in total. The Balaban J connectivity index is 1.91. The van der Waals surface area contributed by atoms with E-state index in [-0.39, 0.29) is 17.9 Å². The molecule has 1 aromatic carbocycles. The van der Waals surface area contributed by atoms with Gasteiger partial charge >= 0.3 is 5.97 Å². The molecule has 0 radical (unpaired) electrons. The molecule has 0 bridgehead atoms. The van der Waals surface area contributed by atoms with Crippen molar-refractivity contribution in [3.05, 3.63) is 42.2 Å². The third-order valence-electron chi connectivity index (χ3n) is 2.43. The van der Waals surface area contributed by atoms with Crippen LogP contribution < -0.4 is 5.32 Å². The minimum atomic E-state index is -1.03. The van der Waals surface area contributed by atoms with Gasteiger partial charge in [-0.15, -0.1) is 5.10 Å². The van der Waals surface area contributed by atoms with Gasteiger partial charge in [-0.25, -0.2) is 4.79 Å². The zero-order chi connectivity index (χ0) is 13.7. The molecule has 0 saturated heterocycles. The second kappa shape index (κ2) is 5.76. The molecule has 2 aromatic rings. The van der Waals surface area contributed by atoms with Crippen molar-refractivity contribution < 1.29 is 14.7 Å². The van der Waals surface area contributed by atoms with E-state index >= 15 is 0 Å². The molecule has 0 aliphatic rings. The number of aromatic carboxylic acids is 1. The third kappa shape index (κ3) is 3.63. The summed E-state index contributed by atoms with van der Waals surface area (Å²) in [4.78, 5) is 22.5. The number of carbonyl (C=O) groups is 2. The number of aryl methyl sites for hydroxylation is 1. The SMILES string of the molecule is O=C(CCn1ccnn1)Nc1cccc(C(=O)O)c1. The lowest BCUT2D eigenvalue weighted by Gasteiger charge is -2.05. The van der Waals surface area contributed by atoms with E-state index in [0.717, 1.165) is 0 Å². The lowest BCUT2D eigenvalue weighted by atomic mass is 10.2. The fourth-order valence-corrected chi connectivity index (χ4v) is 1.52. The molecule has 1 heterocycles. The zero-order valence-electron chi connectivity index (χ0n) is 9.98. The van der Waals surface area contributed by atoms with Crippen molar-refractivity contribution in [3.63, 3.8) is 0 Å². The average molecular weight is 260 g/mol. The maximum atomic E-state index is 11.7. The van der Waals surface area contributed by atoms with E-state index in [1.54, 1.807) is 23.0 Å². The second-order valence-corrected chi connectivity index (χ2v) is 3.85. The number of nitrogens with zero attached hydrogens (tertiary/aromatic N) is 3. The van der Waals surface area contributed by atoms with Crippen LogP contribution in [0, 0.1) is 0 Å². The number of hydrogen-bond donors (Lipinski definition) is 2. The van der Waals surface area contributed by atoms with Crippen molar-refractivity contribution in [2.24, 2.45) is 0 Å². The van der Waals surface area contributed by atoms with Crippen LogP contribution in [0.1, 0.15) is 16.8 Å². The minimum absolute atomic E-state index is 0.133. The fraction of sp³-hybridized carbons (Fsp3) is 0.167. The van der Waals surface area contributed by atoms with E-state index in [9.17, 15) is 9.59 Å². The monoisotopic (exact) mass is 260 g/mol. The zero-order valence-corrected chi connectivity index (χ0v) is 9.98. The topological polar surface area (TPSA) is 97.1 Å². The molecule has 7 nitrogen and oxygen atoms in total. The summed E-state index contributed by atoms with van der Waals surface area (Å²) < 4.78 is 1.55. The highest BCUT2D eigenvalue weighted by Crippen LogP contribution is 2.11. The predicted molar refractivity (Wildman–Crippen MR) is 66.7 cm³/mol. The van der Waals surface area contributed by atoms with Gasteiger partial charge in [0.05, 0.1) is 18.3 Å². The number of benzene rings is 1. The van der Waals surface area contributed by atoms with Crippen LogP contribution in [0.5, 0.6) is 0 Å². The van der Waals surface area contributed by atoms with E-state index in [2.05, 4.69) is 15.6 Å². The van der Waals surface area contributed by atoms with Gasteiger partial charge in [0.2, 0.25) is 5.91 Å². The van der Waals surface area contributed by atoms with Gasteiger partial charge < -0.3 is 10.4 Å². The van der Waals surface area contributed by atoms with E-state index in [0.29, 0.717) is 12.2 Å². The minimum Gasteiger partial charge on any atom is -0.478 e. The summed E-state index contributed by atoms with van der Waals surface area (Å²) in [7, 11) is 0. The number of rotatable bonds is 5. The maximum Gasteiger partial charge on any atom is 0.335 e. The molecule has 0 spiro atoms. The Morgan fingerprint density at radius 2 is 2.21 bits per heavy atom. The summed E-state index contributed by atoms with van der Waals surface area (Å²) in [6.07, 6.45) is 3.44. The lowest BCUT2D eigenvalue weighted by Crippen LogP contribution is -2.15. The number of aromatic nitrogens is 3. The van der Waals surface area contributed by atoms with Gasteiger partial charge in [-0.2, -0.15) is 0 Å². The molecule has 7 heteroatoms. The van der Waals surface area contributed by atoms with E-state index in [1.807, 2.05) is 0 Å². The number of carboxylic acid groups (broad SMARTS) is 1. The van der Waals surface area contributed by atoms with Crippen molar-refractivity contribution in [3.8, 4) is 0 Å². The van der Waals surface area contributed by atoms with Crippen LogP contribution in [-0.2, 0) is 11.3 Å². The Bertz CT molecular complexity index is 580. The first-order chi connectivity index (χ1) is 9.15. The molecule has 19 heavy (non-hydrogen) atoms. The first kappa shape index (κ1) is 12.7. The largest absolute Gasteiger partial charge is 0.478 e. The normalized spacial score (nSPS) is 10.1. The van der Waals surface area contributed by atoms with Crippen LogP contribution in [0.4, 0.5) is 5.69 Å². The van der Waals surface area contributed by atoms with Crippen molar-refractivity contribution in [2.45, 2.75) is 13.0 Å². The van der Waals surface area contributed by atoms with Gasteiger partial charge in [0.1, 0.15) is 0 Å². The highest BCUT2D eigenvalue weighted by Gasteiger charge is 2.06. The Labute approximate surface area is 108 Å². The summed E-state index contributed by atoms with van der Waals surface area (Å²) in [5, 5.41) is 18.8. The Hall–Kier alpha value is -2.70. The van der Waals surface area contributed by atoms with Crippen LogP contribution in [0.25, 0.3) is 0 Å². The predicted octanol–water partition coefficient (Wildman–Crippen LogP) is 1.01. The molecule has 0 aliphatic carbocycles. The summed E-state index contributed by atoms with van der Waals surface area (Å²) in [5.74, 6) is -1.24. The quantitative estimate of drug-likeness (QED) is 0.836. The van der Waals surface area contributed by atoms with E-state index in [4.69, 9.17) is 5.11 Å². The summed E-state index contributed by atoms with van der Waals surface area (Å²) in [5.41, 5.74) is 0.595. The molecule has 0 unspecified atom stereocenters. The Morgan fingerprint density at radius 1 is 1.37 bits per heavy atom. The first-order valence-corrected chi connectivity index (χ1v) is 5.62. The summed E-state index contributed by atoms with van der Waals surface area (Å²) in [6, 6.07) is 6.10. The van der Waals surface area contributed by atoms with Gasteiger partial charge in [0, 0.05) is 18.3 Å². The van der Waals surface area contributed by atoms with E-state index < -0.39 is 5.97 Å². The number of carbonyl (C=O) groups excluding carboxylic acids is 1. The first-order valence-electron chi connectivity index (χ1n) is 5.62. The van der Waals surface area contributed by atoms with Crippen molar-refractivity contribution in [2.75, 3.05) is 5.32 Å². The number of nitrogens with one attached hydrogen (secondary N) is 1. The molecule has 98 valence electrons. The molecule has 0 atom stereocenters. The molecule has 0 aliphatic heterocycles. The van der Waals surface area contributed by atoms with Crippen LogP contribution in [0.15, 0.2) is 36.7 Å². The molecule has 0 saturated carbocycles. The lowest BCUT2D eigenvalue weighted by molar-refractivity contribution is -0.116. The van der Waals surface area contributed by atoms with Crippen molar-refractivity contribution >= 4 is 17.6 Å². The maximum absolute atomic E-state index is 11.7. The smallest absolute Gasteiger partial charge is 0.335 e. The number of amides is 1. The van der Waals surface area contributed by atoms with Gasteiger partial charge in [0.15, 0.2) is 0 Å². The molecular weight excluding hydrogens is 248 g/mol. The van der Waals surface area contributed by atoms with Gasteiger partial charge in [0.25, 0.3) is 0 Å². The van der Waals surface area contributed by atoms with Crippen molar-refractivity contribution in [1.29, 1.82) is 0 Å². The third-order valence-corrected chi connectivity index (χ3v) is 2.43. The number of anilines is 1. The highest BCUT2D eigenvalue weighted by molar-refractivity contribution is 5.93. The summed E-state index contributed by atoms with van der Waals surface area (Å²) in [6.45, 7) is 0.421. The number of carboxylic acids is 1. The molecule has 1 amide bonds. The van der Waals surface area contributed by atoms with Gasteiger partial charge in [-0.3, -0.25) is 9.48 Å². The van der Waals surface area contributed by atoms with Gasteiger partial charge in [-0.05, 0) is 18.2 Å². The van der Waals surface area contributed by atoms with Crippen molar-refractivity contribution in [1.82, 2.24) is 15.0 Å². The average Bonchev–Trinajstić information content (AvgIpc) is 2.90.